The van der Waals surface area contributed by atoms with Gasteiger partial charge in [0.05, 0.1) is 12.1 Å². The van der Waals surface area contributed by atoms with E-state index in [0.29, 0.717) is 17.7 Å². The number of cyclic esters (lactones) is 1. The van der Waals surface area contributed by atoms with Crippen molar-refractivity contribution in [3.05, 3.63) is 48.2 Å². The van der Waals surface area contributed by atoms with Gasteiger partial charge in [-0.25, -0.2) is 14.7 Å². The lowest BCUT2D eigenvalue weighted by atomic mass is 10.3. The van der Waals surface area contributed by atoms with Crippen molar-refractivity contribution >= 4 is 12.0 Å². The fourth-order valence-corrected chi connectivity index (χ4v) is 2.38. The number of rotatable bonds is 5. The molecule has 1 fully saturated rings. The number of pyridine rings is 1. The molecule has 28 heavy (non-hydrogen) atoms. The second kappa shape index (κ2) is 7.75. The lowest BCUT2D eigenvalue weighted by molar-refractivity contribution is -0.138. The minimum Gasteiger partial charge on any atom is -0.481 e. The lowest BCUT2D eigenvalue weighted by Gasteiger charge is -2.18. The molecule has 3 rings (SSSR count). The lowest BCUT2D eigenvalue weighted by Crippen LogP contribution is -2.40. The fraction of sp³-hybridized carbons (Fsp3) is 0.278. The summed E-state index contributed by atoms with van der Waals surface area (Å²) in [4.78, 5) is 28.2. The standard InChI is InChI=1S/C18H15F3N2O5/c1-11(16(24)23-8-9-26-17(23)25)27-13-3-5-14(6-4-13)28-15-7-2-12(10-22-15)18(19,20)21/h2-7,10-11H,8-9H2,1H3. The SMILES string of the molecule is CC(Oc1ccc(Oc2ccc(C(F)(F)F)cn2)cc1)C(=O)N1CCOC1=O. The molecule has 0 aliphatic carbocycles. The van der Waals surface area contributed by atoms with Crippen molar-refractivity contribution in [2.45, 2.75) is 19.2 Å². The molecule has 1 unspecified atom stereocenters. The van der Waals surface area contributed by atoms with Crippen LogP contribution in [0.4, 0.5) is 18.0 Å². The quantitative estimate of drug-likeness (QED) is 0.768. The number of nitrogens with zero attached hydrogens (tertiary/aromatic N) is 2. The van der Waals surface area contributed by atoms with Crippen molar-refractivity contribution in [3.8, 4) is 17.4 Å². The molecule has 1 aromatic heterocycles. The van der Waals surface area contributed by atoms with Crippen LogP contribution < -0.4 is 9.47 Å². The number of imide groups is 1. The fourth-order valence-electron chi connectivity index (χ4n) is 2.38. The first-order valence-corrected chi connectivity index (χ1v) is 8.20. The van der Waals surface area contributed by atoms with Gasteiger partial charge in [0, 0.05) is 12.3 Å². The summed E-state index contributed by atoms with van der Waals surface area (Å²) in [5, 5.41) is 0. The van der Waals surface area contributed by atoms with Crippen LogP contribution in [-0.2, 0) is 15.7 Å². The van der Waals surface area contributed by atoms with E-state index in [0.717, 1.165) is 17.0 Å². The van der Waals surface area contributed by atoms with Gasteiger partial charge in [0.15, 0.2) is 6.10 Å². The molecule has 0 spiro atoms. The van der Waals surface area contributed by atoms with Gasteiger partial charge in [0.2, 0.25) is 5.88 Å². The summed E-state index contributed by atoms with van der Waals surface area (Å²) in [6.07, 6.45) is -5.39. The second-order valence-electron chi connectivity index (χ2n) is 5.82. The van der Waals surface area contributed by atoms with Crippen molar-refractivity contribution in [3.63, 3.8) is 0 Å². The summed E-state index contributed by atoms with van der Waals surface area (Å²) in [6.45, 7) is 1.84. The van der Waals surface area contributed by atoms with Crippen LogP contribution in [0.1, 0.15) is 12.5 Å². The zero-order chi connectivity index (χ0) is 20.3. The number of alkyl halides is 3. The maximum Gasteiger partial charge on any atom is 0.417 e. The van der Waals surface area contributed by atoms with Crippen LogP contribution in [0.25, 0.3) is 0 Å². The summed E-state index contributed by atoms with van der Waals surface area (Å²) >= 11 is 0. The van der Waals surface area contributed by atoms with E-state index in [1.54, 1.807) is 0 Å². The number of benzene rings is 1. The maximum absolute atomic E-state index is 12.5. The summed E-state index contributed by atoms with van der Waals surface area (Å²) < 4.78 is 53.2. The molecular weight excluding hydrogens is 381 g/mol. The van der Waals surface area contributed by atoms with Crippen molar-refractivity contribution in [2.75, 3.05) is 13.2 Å². The van der Waals surface area contributed by atoms with E-state index in [1.807, 2.05) is 0 Å². The Balaban J connectivity index is 1.59. The number of carbonyl (C=O) groups is 2. The van der Waals surface area contributed by atoms with Crippen molar-refractivity contribution in [1.82, 2.24) is 9.88 Å². The first-order chi connectivity index (χ1) is 13.2. The molecular formula is C18H15F3N2O5. The minimum absolute atomic E-state index is 0.00207. The highest BCUT2D eigenvalue weighted by molar-refractivity contribution is 5.95. The molecule has 2 aromatic rings. The van der Waals surface area contributed by atoms with Gasteiger partial charge in [-0.2, -0.15) is 13.2 Å². The molecule has 2 amide bonds. The van der Waals surface area contributed by atoms with Crippen LogP contribution >= 0.6 is 0 Å². The Bertz CT molecular complexity index is 853. The largest absolute Gasteiger partial charge is 0.481 e. The van der Waals surface area contributed by atoms with Gasteiger partial charge < -0.3 is 14.2 Å². The normalized spacial score (nSPS) is 15.1. The Morgan fingerprint density at radius 1 is 1.18 bits per heavy atom. The topological polar surface area (TPSA) is 78.0 Å². The first kappa shape index (κ1) is 19.5. The molecule has 0 N–H and O–H groups in total. The third-order valence-electron chi connectivity index (χ3n) is 3.80. The van der Waals surface area contributed by atoms with E-state index >= 15 is 0 Å². The summed E-state index contributed by atoms with van der Waals surface area (Å²) in [5.41, 5.74) is -0.871. The summed E-state index contributed by atoms with van der Waals surface area (Å²) in [5.74, 6) is 0.150. The number of hydrogen-bond donors (Lipinski definition) is 0. The predicted molar refractivity (Wildman–Crippen MR) is 88.9 cm³/mol. The minimum atomic E-state index is -4.47. The van der Waals surface area contributed by atoms with Gasteiger partial charge >= 0.3 is 12.3 Å². The number of carbonyl (C=O) groups excluding carboxylic acids is 2. The Hall–Kier alpha value is -3.30. The summed E-state index contributed by atoms with van der Waals surface area (Å²) in [6, 6.07) is 8.04. The molecule has 1 aliphatic heterocycles. The molecule has 0 bridgehead atoms. The zero-order valence-corrected chi connectivity index (χ0v) is 14.6. The highest BCUT2D eigenvalue weighted by Crippen LogP contribution is 2.30. The molecule has 0 saturated carbocycles. The highest BCUT2D eigenvalue weighted by Gasteiger charge is 2.32. The average Bonchev–Trinajstić information content (AvgIpc) is 3.08. The van der Waals surface area contributed by atoms with Crippen LogP contribution in [0.5, 0.6) is 17.4 Å². The van der Waals surface area contributed by atoms with Gasteiger partial charge in [-0.3, -0.25) is 4.79 Å². The number of hydrogen-bond acceptors (Lipinski definition) is 6. The molecule has 1 atom stereocenters. The highest BCUT2D eigenvalue weighted by atomic mass is 19.4. The van der Waals surface area contributed by atoms with E-state index in [-0.39, 0.29) is 19.0 Å². The van der Waals surface area contributed by atoms with Gasteiger partial charge in [-0.05, 0) is 37.3 Å². The summed E-state index contributed by atoms with van der Waals surface area (Å²) in [7, 11) is 0. The maximum atomic E-state index is 12.5. The van der Waals surface area contributed by atoms with Crippen molar-refractivity contribution < 1.29 is 37.0 Å². The predicted octanol–water partition coefficient (Wildman–Crippen LogP) is 3.64. The Kier molecular flexibility index (Phi) is 5.39. The van der Waals surface area contributed by atoms with Crippen LogP contribution in [0.15, 0.2) is 42.6 Å². The van der Waals surface area contributed by atoms with Crippen molar-refractivity contribution in [2.24, 2.45) is 0 Å². The molecule has 2 heterocycles. The molecule has 0 radical (unpaired) electrons. The van der Waals surface area contributed by atoms with Gasteiger partial charge in [-0.15, -0.1) is 0 Å². The van der Waals surface area contributed by atoms with E-state index in [2.05, 4.69) is 4.98 Å². The monoisotopic (exact) mass is 396 g/mol. The van der Waals surface area contributed by atoms with Crippen LogP contribution in [0, 0.1) is 0 Å². The number of ether oxygens (including phenoxy) is 3. The Morgan fingerprint density at radius 3 is 2.39 bits per heavy atom. The van der Waals surface area contributed by atoms with E-state index < -0.39 is 29.8 Å². The smallest absolute Gasteiger partial charge is 0.417 e. The molecule has 7 nitrogen and oxygen atoms in total. The van der Waals surface area contributed by atoms with Gasteiger partial charge in [-0.1, -0.05) is 0 Å². The number of halogens is 3. The Morgan fingerprint density at radius 2 is 1.86 bits per heavy atom. The third-order valence-corrected chi connectivity index (χ3v) is 3.80. The van der Waals surface area contributed by atoms with Crippen LogP contribution in [0.3, 0.4) is 0 Å². The number of amides is 2. The second-order valence-corrected chi connectivity index (χ2v) is 5.82. The van der Waals surface area contributed by atoms with Crippen molar-refractivity contribution in [1.29, 1.82) is 0 Å². The van der Waals surface area contributed by atoms with E-state index in [1.165, 1.54) is 31.2 Å². The van der Waals surface area contributed by atoms with E-state index in [4.69, 9.17) is 14.2 Å². The van der Waals surface area contributed by atoms with Crippen LogP contribution in [-0.4, -0.2) is 41.1 Å². The molecule has 10 heteroatoms. The van der Waals surface area contributed by atoms with Gasteiger partial charge in [0.25, 0.3) is 5.91 Å². The molecule has 1 saturated heterocycles. The third kappa shape index (κ3) is 4.51. The number of aromatic nitrogens is 1. The van der Waals surface area contributed by atoms with Crippen LogP contribution in [0.2, 0.25) is 0 Å². The zero-order valence-electron chi connectivity index (χ0n) is 14.6. The molecule has 1 aromatic carbocycles. The average molecular weight is 396 g/mol. The Labute approximate surface area is 157 Å². The van der Waals surface area contributed by atoms with Gasteiger partial charge in [0.1, 0.15) is 18.1 Å². The first-order valence-electron chi connectivity index (χ1n) is 8.20. The molecule has 148 valence electrons. The molecule has 1 aliphatic rings. The van der Waals surface area contributed by atoms with E-state index in [9.17, 15) is 22.8 Å².